The Morgan fingerprint density at radius 1 is 0.955 bits per heavy atom. The van der Waals surface area contributed by atoms with Crippen molar-refractivity contribution in [2.24, 2.45) is 0 Å². The third-order valence-corrected chi connectivity index (χ3v) is 4.40. The van der Waals surface area contributed by atoms with Crippen LogP contribution in [-0.4, -0.2) is 23.1 Å². The van der Waals surface area contributed by atoms with E-state index in [0.29, 0.717) is 21.7 Å². The Bertz CT molecular complexity index is 620. The number of aromatic nitrogens is 2. The van der Waals surface area contributed by atoms with Crippen molar-refractivity contribution in [3.8, 4) is 0 Å². The van der Waals surface area contributed by atoms with Crippen molar-refractivity contribution < 1.29 is 0 Å². The first-order chi connectivity index (χ1) is 10.7. The zero-order chi connectivity index (χ0) is 15.4. The number of anilines is 3. The monoisotopic (exact) mass is 336 g/mol. The molecule has 1 saturated heterocycles. The van der Waals surface area contributed by atoms with Gasteiger partial charge in [0.25, 0.3) is 0 Å². The fourth-order valence-electron chi connectivity index (χ4n) is 2.61. The molecule has 1 aromatic heterocycles. The van der Waals surface area contributed by atoms with E-state index in [1.807, 2.05) is 12.1 Å². The Morgan fingerprint density at radius 3 is 2.32 bits per heavy atom. The second-order valence-corrected chi connectivity index (χ2v) is 6.18. The van der Waals surface area contributed by atoms with Gasteiger partial charge in [0.2, 0.25) is 5.95 Å². The second-order valence-electron chi connectivity index (χ2n) is 5.36. The molecule has 1 N–H and O–H groups in total. The highest BCUT2D eigenvalue weighted by Gasteiger charge is 2.13. The lowest BCUT2D eigenvalue weighted by molar-refractivity contribution is 0.726. The van der Waals surface area contributed by atoms with E-state index in [9.17, 15) is 0 Å². The van der Waals surface area contributed by atoms with Gasteiger partial charge in [0.05, 0.1) is 15.7 Å². The first-order valence-electron chi connectivity index (χ1n) is 7.53. The summed E-state index contributed by atoms with van der Waals surface area (Å²) in [5.41, 5.74) is 0.638. The molecule has 0 atom stereocenters. The lowest BCUT2D eigenvalue weighted by Crippen LogP contribution is -2.25. The molecule has 1 aliphatic heterocycles. The lowest BCUT2D eigenvalue weighted by atomic mass is 10.2. The van der Waals surface area contributed by atoms with Crippen molar-refractivity contribution >= 4 is 40.7 Å². The summed E-state index contributed by atoms with van der Waals surface area (Å²) in [6, 6.07) is 7.33. The molecule has 0 unspecified atom stereocenters. The van der Waals surface area contributed by atoms with Gasteiger partial charge in [-0.1, -0.05) is 42.1 Å². The molecule has 4 nitrogen and oxygen atoms in total. The van der Waals surface area contributed by atoms with Crippen molar-refractivity contribution in [2.75, 3.05) is 23.3 Å². The molecule has 2 heterocycles. The van der Waals surface area contributed by atoms with Crippen LogP contribution in [0.3, 0.4) is 0 Å². The van der Waals surface area contributed by atoms with Crippen molar-refractivity contribution in [3.05, 3.63) is 40.5 Å². The number of hydrogen-bond donors (Lipinski definition) is 1. The molecular weight excluding hydrogens is 319 g/mol. The topological polar surface area (TPSA) is 41.1 Å². The summed E-state index contributed by atoms with van der Waals surface area (Å²) in [6.45, 7) is 2.09. The standard InChI is InChI=1S/C16H18Cl2N4/c17-12-6-5-7-13(18)15(12)21-16-19-9-8-14(20-16)22-10-3-1-2-4-11-22/h5-9H,1-4,10-11H2,(H,19,20,21). The Morgan fingerprint density at radius 2 is 1.64 bits per heavy atom. The van der Waals surface area contributed by atoms with E-state index in [0.717, 1.165) is 18.9 Å². The van der Waals surface area contributed by atoms with Crippen molar-refractivity contribution in [1.82, 2.24) is 9.97 Å². The zero-order valence-corrected chi connectivity index (χ0v) is 13.7. The first-order valence-corrected chi connectivity index (χ1v) is 8.29. The molecule has 1 aromatic carbocycles. The van der Waals surface area contributed by atoms with Crippen molar-refractivity contribution in [2.45, 2.75) is 25.7 Å². The average Bonchev–Trinajstić information content (AvgIpc) is 2.81. The number of halogens is 2. The van der Waals surface area contributed by atoms with E-state index < -0.39 is 0 Å². The van der Waals surface area contributed by atoms with Gasteiger partial charge in [0.1, 0.15) is 5.82 Å². The van der Waals surface area contributed by atoms with E-state index >= 15 is 0 Å². The predicted octanol–water partition coefficient (Wildman–Crippen LogP) is 4.91. The summed E-state index contributed by atoms with van der Waals surface area (Å²) >= 11 is 12.4. The molecule has 0 saturated carbocycles. The molecule has 1 fully saturated rings. The SMILES string of the molecule is Clc1cccc(Cl)c1Nc1nccc(N2CCCCCC2)n1. The fraction of sp³-hybridized carbons (Fsp3) is 0.375. The molecule has 0 radical (unpaired) electrons. The van der Waals surface area contributed by atoms with Gasteiger partial charge in [-0.15, -0.1) is 0 Å². The van der Waals surface area contributed by atoms with E-state index in [-0.39, 0.29) is 0 Å². The smallest absolute Gasteiger partial charge is 0.229 e. The maximum atomic E-state index is 6.18. The quantitative estimate of drug-likeness (QED) is 0.864. The molecule has 22 heavy (non-hydrogen) atoms. The van der Waals surface area contributed by atoms with Crippen LogP contribution >= 0.6 is 23.2 Å². The van der Waals surface area contributed by atoms with E-state index in [1.165, 1.54) is 25.7 Å². The fourth-order valence-corrected chi connectivity index (χ4v) is 3.11. The van der Waals surface area contributed by atoms with Gasteiger partial charge in [0.15, 0.2) is 0 Å². The van der Waals surface area contributed by atoms with E-state index in [4.69, 9.17) is 23.2 Å². The van der Waals surface area contributed by atoms with E-state index in [1.54, 1.807) is 18.3 Å². The van der Waals surface area contributed by atoms with Crippen molar-refractivity contribution in [1.29, 1.82) is 0 Å². The number of para-hydroxylation sites is 1. The molecule has 116 valence electrons. The van der Waals surface area contributed by atoms with Crippen LogP contribution in [0.25, 0.3) is 0 Å². The van der Waals surface area contributed by atoms with Crippen LogP contribution in [0.15, 0.2) is 30.5 Å². The highest BCUT2D eigenvalue weighted by molar-refractivity contribution is 6.39. The summed E-state index contributed by atoms with van der Waals surface area (Å²) < 4.78 is 0. The molecule has 3 rings (SSSR count). The second kappa shape index (κ2) is 7.16. The van der Waals surface area contributed by atoms with E-state index in [2.05, 4.69) is 20.2 Å². The lowest BCUT2D eigenvalue weighted by Gasteiger charge is -2.21. The average molecular weight is 337 g/mol. The van der Waals surface area contributed by atoms with Crippen LogP contribution in [0, 0.1) is 0 Å². The maximum Gasteiger partial charge on any atom is 0.229 e. The summed E-state index contributed by atoms with van der Waals surface area (Å²) in [5, 5.41) is 4.23. The van der Waals surface area contributed by atoms with Gasteiger partial charge in [-0.2, -0.15) is 4.98 Å². The summed E-state index contributed by atoms with van der Waals surface area (Å²) in [7, 11) is 0. The molecule has 1 aliphatic rings. The normalized spacial score (nSPS) is 15.5. The minimum atomic E-state index is 0.511. The number of benzene rings is 1. The zero-order valence-electron chi connectivity index (χ0n) is 12.2. The van der Waals surface area contributed by atoms with Gasteiger partial charge in [0, 0.05) is 19.3 Å². The molecule has 0 amide bonds. The van der Waals surface area contributed by atoms with Crippen LogP contribution in [0.2, 0.25) is 10.0 Å². The van der Waals surface area contributed by atoms with Gasteiger partial charge in [-0.3, -0.25) is 0 Å². The van der Waals surface area contributed by atoms with Gasteiger partial charge in [-0.05, 0) is 31.0 Å². The largest absolute Gasteiger partial charge is 0.356 e. The van der Waals surface area contributed by atoms with Gasteiger partial charge < -0.3 is 10.2 Å². The Labute approximate surface area is 140 Å². The highest BCUT2D eigenvalue weighted by atomic mass is 35.5. The molecule has 6 heteroatoms. The van der Waals surface area contributed by atoms with Gasteiger partial charge >= 0.3 is 0 Å². The molecule has 0 bridgehead atoms. The molecule has 0 aliphatic carbocycles. The Kier molecular flexibility index (Phi) is 5.01. The van der Waals surface area contributed by atoms with Crippen LogP contribution in [-0.2, 0) is 0 Å². The van der Waals surface area contributed by atoms with Crippen LogP contribution in [0.1, 0.15) is 25.7 Å². The third kappa shape index (κ3) is 3.62. The van der Waals surface area contributed by atoms with Gasteiger partial charge in [-0.25, -0.2) is 4.98 Å². The summed E-state index contributed by atoms with van der Waals surface area (Å²) in [5.74, 6) is 1.46. The van der Waals surface area contributed by atoms with Crippen LogP contribution in [0.4, 0.5) is 17.5 Å². The molecule has 2 aromatic rings. The number of nitrogens with one attached hydrogen (secondary N) is 1. The van der Waals surface area contributed by atoms with Crippen LogP contribution in [0.5, 0.6) is 0 Å². The van der Waals surface area contributed by atoms with Crippen molar-refractivity contribution in [3.63, 3.8) is 0 Å². The highest BCUT2D eigenvalue weighted by Crippen LogP contribution is 2.31. The summed E-state index contributed by atoms with van der Waals surface area (Å²) in [4.78, 5) is 11.2. The molecular formula is C16H18Cl2N4. The first kappa shape index (κ1) is 15.4. The Hall–Kier alpha value is -1.52. The van der Waals surface area contributed by atoms with Crippen LogP contribution < -0.4 is 10.2 Å². The maximum absolute atomic E-state index is 6.18. The minimum Gasteiger partial charge on any atom is -0.356 e. The predicted molar refractivity (Wildman–Crippen MR) is 92.5 cm³/mol. The number of rotatable bonds is 3. The summed E-state index contributed by atoms with van der Waals surface area (Å²) in [6.07, 6.45) is 6.77. The number of hydrogen-bond acceptors (Lipinski definition) is 4. The Balaban J connectivity index is 1.82. The third-order valence-electron chi connectivity index (χ3n) is 3.77. The number of nitrogens with zero attached hydrogens (tertiary/aromatic N) is 3. The minimum absolute atomic E-state index is 0.511. The molecule has 0 spiro atoms.